The van der Waals surface area contributed by atoms with Gasteiger partial charge in [0, 0.05) is 18.5 Å². The van der Waals surface area contributed by atoms with Crippen LogP contribution < -0.4 is 11.1 Å². The van der Waals surface area contributed by atoms with E-state index in [1.165, 1.54) is 12.8 Å². The van der Waals surface area contributed by atoms with E-state index in [0.717, 1.165) is 32.2 Å². The van der Waals surface area contributed by atoms with E-state index in [9.17, 15) is 0 Å². The minimum atomic E-state index is 0.280. The highest BCUT2D eigenvalue weighted by molar-refractivity contribution is 5.78. The zero-order valence-corrected chi connectivity index (χ0v) is 9.65. The summed E-state index contributed by atoms with van der Waals surface area (Å²) in [5, 5.41) is 12.0. The van der Waals surface area contributed by atoms with Crippen LogP contribution in [0.5, 0.6) is 0 Å². The molecule has 0 radical (unpaired) electrons. The molecular formula is C12H20N4. The van der Waals surface area contributed by atoms with Gasteiger partial charge in [-0.1, -0.05) is 0 Å². The van der Waals surface area contributed by atoms with Crippen molar-refractivity contribution in [3.8, 4) is 6.07 Å². The molecule has 3 N–H and O–H groups in total. The molecule has 0 aliphatic heterocycles. The van der Waals surface area contributed by atoms with Gasteiger partial charge in [-0.05, 0) is 44.4 Å². The van der Waals surface area contributed by atoms with E-state index in [1.807, 2.05) is 0 Å². The topological polar surface area (TPSA) is 74.2 Å². The van der Waals surface area contributed by atoms with Crippen molar-refractivity contribution in [2.45, 2.75) is 44.6 Å². The second-order valence-corrected chi connectivity index (χ2v) is 4.99. The van der Waals surface area contributed by atoms with Gasteiger partial charge in [0.15, 0.2) is 5.96 Å². The average Bonchev–Trinajstić information content (AvgIpc) is 3.11. The fourth-order valence-electron chi connectivity index (χ4n) is 2.18. The first-order chi connectivity index (χ1) is 7.78. The predicted octanol–water partition coefficient (Wildman–Crippen LogP) is 1.38. The van der Waals surface area contributed by atoms with Crippen molar-refractivity contribution in [3.05, 3.63) is 0 Å². The van der Waals surface area contributed by atoms with Gasteiger partial charge in [0.25, 0.3) is 0 Å². The summed E-state index contributed by atoms with van der Waals surface area (Å²) in [5.74, 6) is 1.51. The summed E-state index contributed by atoms with van der Waals surface area (Å²) >= 11 is 0. The number of aliphatic imine (C=N–C) groups is 1. The van der Waals surface area contributed by atoms with Gasteiger partial charge in [-0.2, -0.15) is 5.26 Å². The molecule has 0 atom stereocenters. The van der Waals surface area contributed by atoms with Gasteiger partial charge in [0.1, 0.15) is 0 Å². The third-order valence-electron chi connectivity index (χ3n) is 3.48. The Hall–Kier alpha value is -1.24. The van der Waals surface area contributed by atoms with Gasteiger partial charge in [0.2, 0.25) is 0 Å². The number of nitriles is 1. The molecule has 2 aliphatic carbocycles. The molecule has 0 amide bonds. The van der Waals surface area contributed by atoms with Crippen molar-refractivity contribution >= 4 is 5.96 Å². The number of rotatable bonds is 3. The van der Waals surface area contributed by atoms with Crippen LogP contribution in [0.15, 0.2) is 4.99 Å². The van der Waals surface area contributed by atoms with Crippen molar-refractivity contribution in [1.82, 2.24) is 5.32 Å². The maximum Gasteiger partial charge on any atom is 0.188 e. The van der Waals surface area contributed by atoms with Gasteiger partial charge in [-0.3, -0.25) is 4.99 Å². The maximum atomic E-state index is 8.79. The molecule has 2 saturated carbocycles. The Morgan fingerprint density at radius 1 is 1.25 bits per heavy atom. The quantitative estimate of drug-likeness (QED) is 0.557. The monoisotopic (exact) mass is 220 g/mol. The molecule has 0 bridgehead atoms. The number of nitrogens with two attached hydrogens (primary N) is 1. The van der Waals surface area contributed by atoms with Gasteiger partial charge < -0.3 is 11.1 Å². The molecule has 2 rings (SSSR count). The Labute approximate surface area is 96.9 Å². The van der Waals surface area contributed by atoms with Crippen LogP contribution in [0, 0.1) is 23.2 Å². The highest BCUT2D eigenvalue weighted by atomic mass is 15.1. The van der Waals surface area contributed by atoms with E-state index >= 15 is 0 Å². The molecular weight excluding hydrogens is 200 g/mol. The molecule has 2 fully saturated rings. The second-order valence-electron chi connectivity index (χ2n) is 4.99. The normalized spacial score (nSPS) is 30.8. The lowest BCUT2D eigenvalue weighted by molar-refractivity contribution is 0.322. The van der Waals surface area contributed by atoms with Crippen molar-refractivity contribution in [2.24, 2.45) is 22.6 Å². The zero-order valence-electron chi connectivity index (χ0n) is 9.65. The van der Waals surface area contributed by atoms with E-state index in [-0.39, 0.29) is 5.92 Å². The highest BCUT2D eigenvalue weighted by Crippen LogP contribution is 2.28. The van der Waals surface area contributed by atoms with Crippen LogP contribution in [-0.2, 0) is 0 Å². The molecule has 0 aromatic rings. The Balaban J connectivity index is 1.68. The molecule has 4 nitrogen and oxygen atoms in total. The molecule has 0 heterocycles. The fourth-order valence-corrected chi connectivity index (χ4v) is 2.18. The Morgan fingerprint density at radius 2 is 1.94 bits per heavy atom. The molecule has 2 aliphatic rings. The van der Waals surface area contributed by atoms with E-state index in [2.05, 4.69) is 16.4 Å². The summed E-state index contributed by atoms with van der Waals surface area (Å²) in [6, 6.07) is 2.93. The van der Waals surface area contributed by atoms with Gasteiger partial charge in [0.05, 0.1) is 6.07 Å². The van der Waals surface area contributed by atoms with E-state index in [4.69, 9.17) is 11.0 Å². The minimum Gasteiger partial charge on any atom is -0.370 e. The van der Waals surface area contributed by atoms with Crippen LogP contribution in [-0.4, -0.2) is 18.5 Å². The Morgan fingerprint density at radius 3 is 2.50 bits per heavy atom. The van der Waals surface area contributed by atoms with E-state index in [0.29, 0.717) is 17.9 Å². The van der Waals surface area contributed by atoms with Crippen LogP contribution in [0.3, 0.4) is 0 Å². The summed E-state index contributed by atoms with van der Waals surface area (Å²) in [7, 11) is 0. The number of hydrogen-bond acceptors (Lipinski definition) is 2. The molecule has 0 aromatic heterocycles. The average molecular weight is 220 g/mol. The van der Waals surface area contributed by atoms with Gasteiger partial charge in [-0.15, -0.1) is 0 Å². The van der Waals surface area contributed by atoms with Crippen molar-refractivity contribution in [3.63, 3.8) is 0 Å². The number of guanidine groups is 1. The van der Waals surface area contributed by atoms with Crippen LogP contribution in [0.4, 0.5) is 0 Å². The number of hydrogen-bond donors (Lipinski definition) is 2. The molecule has 0 spiro atoms. The van der Waals surface area contributed by atoms with Gasteiger partial charge >= 0.3 is 0 Å². The summed E-state index contributed by atoms with van der Waals surface area (Å²) < 4.78 is 0. The van der Waals surface area contributed by atoms with Crippen molar-refractivity contribution in [1.29, 1.82) is 5.26 Å². The molecule has 88 valence electrons. The number of nitrogens with one attached hydrogen (secondary N) is 1. The molecule has 4 heteroatoms. The lowest BCUT2D eigenvalue weighted by atomic mass is 9.83. The first-order valence-electron chi connectivity index (χ1n) is 6.24. The molecule has 0 aromatic carbocycles. The largest absolute Gasteiger partial charge is 0.370 e. The Bertz CT molecular complexity index is 293. The number of nitrogens with zero attached hydrogens (tertiary/aromatic N) is 2. The highest BCUT2D eigenvalue weighted by Gasteiger charge is 2.22. The van der Waals surface area contributed by atoms with Crippen LogP contribution in [0.25, 0.3) is 0 Å². The van der Waals surface area contributed by atoms with Crippen molar-refractivity contribution in [2.75, 3.05) is 6.54 Å². The minimum absolute atomic E-state index is 0.280. The predicted molar refractivity (Wildman–Crippen MR) is 63.7 cm³/mol. The first-order valence-corrected chi connectivity index (χ1v) is 6.24. The van der Waals surface area contributed by atoms with Crippen LogP contribution >= 0.6 is 0 Å². The third kappa shape index (κ3) is 3.41. The molecule has 0 unspecified atom stereocenters. The summed E-state index contributed by atoms with van der Waals surface area (Å²) in [6.45, 7) is 0.823. The van der Waals surface area contributed by atoms with Crippen LogP contribution in [0.1, 0.15) is 38.5 Å². The van der Waals surface area contributed by atoms with Crippen LogP contribution in [0.2, 0.25) is 0 Å². The standard InChI is InChI=1S/C12H20N4/c13-7-9-1-3-10(4-2-9)8-15-12(14)16-11-5-6-11/h9-11H,1-6,8H2,(H3,14,15,16). The lowest BCUT2D eigenvalue weighted by Crippen LogP contribution is -2.34. The maximum absolute atomic E-state index is 8.79. The summed E-state index contributed by atoms with van der Waals surface area (Å²) in [6.07, 6.45) is 6.77. The third-order valence-corrected chi connectivity index (χ3v) is 3.48. The Kier molecular flexibility index (Phi) is 3.66. The summed E-state index contributed by atoms with van der Waals surface area (Å²) in [4.78, 5) is 4.38. The SMILES string of the molecule is N#CC1CCC(CN=C(N)NC2CC2)CC1. The zero-order chi connectivity index (χ0) is 11.4. The van der Waals surface area contributed by atoms with Crippen molar-refractivity contribution < 1.29 is 0 Å². The second kappa shape index (κ2) is 5.20. The van der Waals surface area contributed by atoms with E-state index < -0.39 is 0 Å². The van der Waals surface area contributed by atoms with E-state index in [1.54, 1.807) is 0 Å². The summed E-state index contributed by atoms with van der Waals surface area (Å²) in [5.41, 5.74) is 5.77. The smallest absolute Gasteiger partial charge is 0.188 e. The molecule has 0 saturated heterocycles. The fraction of sp³-hybridized carbons (Fsp3) is 0.833. The first kappa shape index (κ1) is 11.3. The van der Waals surface area contributed by atoms with Gasteiger partial charge in [-0.25, -0.2) is 0 Å². The lowest BCUT2D eigenvalue weighted by Gasteiger charge is -2.23. The molecule has 16 heavy (non-hydrogen) atoms.